The van der Waals surface area contributed by atoms with Crippen molar-refractivity contribution in [3.05, 3.63) is 6.61 Å². The molecule has 1 aliphatic carbocycles. The summed E-state index contributed by atoms with van der Waals surface area (Å²) in [4.78, 5) is 0. The minimum absolute atomic E-state index is 0. The van der Waals surface area contributed by atoms with E-state index in [1.165, 1.54) is 51.6 Å². The summed E-state index contributed by atoms with van der Waals surface area (Å²) in [6, 6.07) is 0. The minimum atomic E-state index is 0. The minimum Gasteiger partial charge on any atom is -0.565 e. The molecule has 1 radical (unpaired) electrons. The van der Waals surface area contributed by atoms with E-state index in [9.17, 15) is 0 Å². The summed E-state index contributed by atoms with van der Waals surface area (Å²) in [6.45, 7) is 3.66. The van der Waals surface area contributed by atoms with Crippen LogP contribution in [0.4, 0.5) is 0 Å². The molecule has 0 aromatic rings. The molecule has 12 heavy (non-hydrogen) atoms. The van der Waals surface area contributed by atoms with Gasteiger partial charge in [0.2, 0.25) is 0 Å². The number of aliphatic hydroxyl groups excluding tert-OH is 1. The second-order valence-electron chi connectivity index (χ2n) is 3.80. The van der Waals surface area contributed by atoms with Crippen LogP contribution in [0.2, 0.25) is 0 Å². The number of hydrogen-bond acceptors (Lipinski definition) is 1. The van der Waals surface area contributed by atoms with Gasteiger partial charge in [0.1, 0.15) is 0 Å². The van der Waals surface area contributed by atoms with Crippen molar-refractivity contribution in [1.29, 1.82) is 0 Å². The van der Waals surface area contributed by atoms with Crippen LogP contribution >= 0.6 is 0 Å². The quantitative estimate of drug-likeness (QED) is 0.793. The standard InChI is InChI=1S/C10H19O.Pr/c1-2-6-10(9-11)7-4-3-5-8-10;/h9,11H,2-8H2,1H3;/q-1;. The second-order valence-corrected chi connectivity index (χ2v) is 3.80. The third kappa shape index (κ3) is 3.59. The van der Waals surface area contributed by atoms with Crippen molar-refractivity contribution in [3.63, 3.8) is 0 Å². The molecular formula is C10H19OPr-. The molecule has 1 fully saturated rings. The first-order valence-electron chi connectivity index (χ1n) is 4.81. The molecule has 0 heterocycles. The molecule has 2 heteroatoms. The van der Waals surface area contributed by atoms with Crippen LogP contribution in [0, 0.1) is 53.3 Å². The van der Waals surface area contributed by atoms with Gasteiger partial charge in [-0.05, 0) is 0 Å². The summed E-state index contributed by atoms with van der Waals surface area (Å²) in [5.41, 5.74) is 0.201. The van der Waals surface area contributed by atoms with Gasteiger partial charge in [-0.2, -0.15) is 0 Å². The maximum atomic E-state index is 9.15. The normalized spacial score (nSPS) is 21.5. The number of hydrogen-bond donors (Lipinski definition) is 1. The van der Waals surface area contributed by atoms with E-state index in [4.69, 9.17) is 5.11 Å². The van der Waals surface area contributed by atoms with E-state index in [2.05, 4.69) is 6.92 Å². The van der Waals surface area contributed by atoms with E-state index in [-0.39, 0.29) is 46.7 Å². The molecule has 1 rings (SSSR count). The van der Waals surface area contributed by atoms with Crippen molar-refractivity contribution >= 4 is 0 Å². The molecule has 69 valence electrons. The van der Waals surface area contributed by atoms with Crippen molar-refractivity contribution < 1.29 is 46.4 Å². The molecular weight excluding hydrogens is 277 g/mol. The Morgan fingerprint density at radius 3 is 2.25 bits per heavy atom. The summed E-state index contributed by atoms with van der Waals surface area (Å²) in [5, 5.41) is 9.15. The Kier molecular flexibility index (Phi) is 7.47. The van der Waals surface area contributed by atoms with Crippen LogP contribution in [-0.4, -0.2) is 5.11 Å². The zero-order valence-electron chi connectivity index (χ0n) is 8.05. The van der Waals surface area contributed by atoms with Crippen LogP contribution in [0.25, 0.3) is 0 Å². The third-order valence-corrected chi connectivity index (χ3v) is 2.87. The van der Waals surface area contributed by atoms with E-state index >= 15 is 0 Å². The average Bonchev–Trinajstić information content (AvgIpc) is 2.07. The Balaban J connectivity index is 0.00000121. The van der Waals surface area contributed by atoms with Crippen molar-refractivity contribution in [1.82, 2.24) is 0 Å². The molecule has 0 atom stereocenters. The molecule has 0 amide bonds. The Hall–Kier alpha value is 1.32. The van der Waals surface area contributed by atoms with Crippen LogP contribution in [0.15, 0.2) is 0 Å². The molecule has 0 bridgehead atoms. The largest absolute Gasteiger partial charge is 0.565 e. The predicted octanol–water partition coefficient (Wildman–Crippen LogP) is 3.27. The van der Waals surface area contributed by atoms with Gasteiger partial charge >= 0.3 is 0 Å². The maximum absolute atomic E-state index is 9.15. The first-order chi connectivity index (χ1) is 5.33. The van der Waals surface area contributed by atoms with E-state index in [0.717, 1.165) is 0 Å². The van der Waals surface area contributed by atoms with Gasteiger partial charge < -0.3 is 5.11 Å². The molecule has 0 saturated heterocycles. The first-order valence-corrected chi connectivity index (χ1v) is 4.81. The smallest absolute Gasteiger partial charge is 0 e. The molecule has 0 aromatic heterocycles. The Bertz CT molecular complexity index is 103. The van der Waals surface area contributed by atoms with E-state index in [0.29, 0.717) is 0 Å². The van der Waals surface area contributed by atoms with Gasteiger partial charge in [0.15, 0.2) is 0 Å². The fourth-order valence-electron chi connectivity index (χ4n) is 2.20. The summed E-state index contributed by atoms with van der Waals surface area (Å²) >= 11 is 0. The Morgan fingerprint density at radius 2 is 1.83 bits per heavy atom. The monoisotopic (exact) mass is 296 g/mol. The van der Waals surface area contributed by atoms with Crippen LogP contribution in [0.3, 0.4) is 0 Å². The van der Waals surface area contributed by atoms with Crippen LogP contribution in [-0.2, 0) is 0 Å². The second kappa shape index (κ2) is 6.73. The molecule has 0 aliphatic heterocycles. The summed E-state index contributed by atoms with van der Waals surface area (Å²) in [7, 11) is 0. The molecule has 1 N–H and O–H groups in total. The summed E-state index contributed by atoms with van der Waals surface area (Å²) in [5.74, 6) is 0. The molecule has 1 aliphatic rings. The number of aliphatic hydroxyl groups is 1. The fraction of sp³-hybridized carbons (Fsp3) is 0.900. The Morgan fingerprint density at radius 1 is 1.25 bits per heavy atom. The van der Waals surface area contributed by atoms with Crippen LogP contribution in [0.1, 0.15) is 51.9 Å². The van der Waals surface area contributed by atoms with E-state index in [1.807, 2.05) is 0 Å². The Labute approximate surface area is 109 Å². The van der Waals surface area contributed by atoms with Crippen LogP contribution in [0.5, 0.6) is 0 Å². The van der Waals surface area contributed by atoms with Gasteiger partial charge in [-0.3, -0.25) is 0 Å². The predicted molar refractivity (Wildman–Crippen MR) is 46.7 cm³/mol. The zero-order chi connectivity index (χ0) is 8.16. The molecule has 1 saturated carbocycles. The maximum Gasteiger partial charge on any atom is 0 e. The van der Waals surface area contributed by atoms with Crippen molar-refractivity contribution in [3.8, 4) is 0 Å². The summed E-state index contributed by atoms with van der Waals surface area (Å²) in [6.07, 6.45) is 8.74. The van der Waals surface area contributed by atoms with Gasteiger partial charge in [-0.15, -0.1) is 5.41 Å². The van der Waals surface area contributed by atoms with Gasteiger partial charge in [-0.1, -0.05) is 51.9 Å². The van der Waals surface area contributed by atoms with Crippen LogP contribution < -0.4 is 0 Å². The fourth-order valence-corrected chi connectivity index (χ4v) is 2.20. The number of rotatable bonds is 3. The van der Waals surface area contributed by atoms with Gasteiger partial charge in [-0.25, -0.2) is 6.61 Å². The van der Waals surface area contributed by atoms with Crippen molar-refractivity contribution in [2.45, 2.75) is 51.9 Å². The van der Waals surface area contributed by atoms with Gasteiger partial charge in [0, 0.05) is 41.3 Å². The topological polar surface area (TPSA) is 20.2 Å². The molecule has 1 nitrogen and oxygen atoms in total. The third-order valence-electron chi connectivity index (χ3n) is 2.87. The van der Waals surface area contributed by atoms with Crippen molar-refractivity contribution in [2.75, 3.05) is 0 Å². The van der Waals surface area contributed by atoms with Gasteiger partial charge in [0.25, 0.3) is 0 Å². The van der Waals surface area contributed by atoms with Crippen molar-refractivity contribution in [2.24, 2.45) is 5.41 Å². The zero-order valence-corrected chi connectivity index (χ0v) is 11.8. The molecule has 0 spiro atoms. The van der Waals surface area contributed by atoms with E-state index in [1.54, 1.807) is 0 Å². The molecule has 0 unspecified atom stereocenters. The SMILES string of the molecule is CCCC1([CH-]O)CCCCC1.[Pr]. The van der Waals surface area contributed by atoms with Gasteiger partial charge in [0.05, 0.1) is 0 Å². The molecule has 0 aromatic carbocycles. The average molecular weight is 296 g/mol. The van der Waals surface area contributed by atoms with E-state index < -0.39 is 0 Å². The summed E-state index contributed by atoms with van der Waals surface area (Å²) < 4.78 is 0. The first kappa shape index (κ1) is 13.3.